The van der Waals surface area contributed by atoms with Gasteiger partial charge in [0.2, 0.25) is 0 Å². The predicted molar refractivity (Wildman–Crippen MR) is 110 cm³/mol. The first-order valence-corrected chi connectivity index (χ1v) is 8.88. The van der Waals surface area contributed by atoms with Gasteiger partial charge in [-0.1, -0.05) is 29.8 Å². The summed E-state index contributed by atoms with van der Waals surface area (Å²) in [5.41, 5.74) is 3.49. The van der Waals surface area contributed by atoms with Crippen LogP contribution in [0.15, 0.2) is 60.8 Å². The first-order valence-electron chi connectivity index (χ1n) is 8.88. The van der Waals surface area contributed by atoms with E-state index in [1.807, 2.05) is 18.2 Å². The Labute approximate surface area is 164 Å². The van der Waals surface area contributed by atoms with Crippen molar-refractivity contribution in [2.75, 3.05) is 24.9 Å². The summed E-state index contributed by atoms with van der Waals surface area (Å²) in [5, 5.41) is 6.10. The molecule has 0 atom stereocenters. The molecule has 1 aromatic heterocycles. The van der Waals surface area contributed by atoms with E-state index < -0.39 is 0 Å². The van der Waals surface area contributed by atoms with Gasteiger partial charge in [0.1, 0.15) is 5.82 Å². The quantitative estimate of drug-likeness (QED) is 0.643. The number of anilines is 2. The van der Waals surface area contributed by atoms with Crippen LogP contribution in [0.25, 0.3) is 0 Å². The molecule has 6 nitrogen and oxygen atoms in total. The standard InChI is InChI=1S/C22H23N3O3/c1-15-5-4-6-16(11-15)13-23-21-10-8-18(14-24-21)25-22(26)17-7-9-19(27-2)20(12-17)28-3/h4-12,14H,13H2,1-3H3,(H,23,24)(H,25,26). The SMILES string of the molecule is COc1ccc(C(=O)Nc2ccc(NCc3cccc(C)c3)nc2)cc1OC. The molecule has 0 bridgehead atoms. The van der Waals surface area contributed by atoms with Crippen molar-refractivity contribution in [2.24, 2.45) is 0 Å². The molecule has 6 heteroatoms. The number of rotatable bonds is 7. The summed E-state index contributed by atoms with van der Waals surface area (Å²) in [6, 6.07) is 17.0. The lowest BCUT2D eigenvalue weighted by Crippen LogP contribution is -2.12. The molecule has 1 amide bonds. The van der Waals surface area contributed by atoms with Crippen molar-refractivity contribution in [1.29, 1.82) is 0 Å². The molecule has 1 heterocycles. The topological polar surface area (TPSA) is 72.5 Å². The summed E-state index contributed by atoms with van der Waals surface area (Å²) >= 11 is 0. The highest BCUT2D eigenvalue weighted by molar-refractivity contribution is 6.04. The number of nitrogens with zero attached hydrogens (tertiary/aromatic N) is 1. The zero-order valence-electron chi connectivity index (χ0n) is 16.2. The second-order valence-electron chi connectivity index (χ2n) is 6.30. The third kappa shape index (κ3) is 4.79. The fraction of sp³-hybridized carbons (Fsp3) is 0.182. The zero-order chi connectivity index (χ0) is 19.9. The van der Waals surface area contributed by atoms with E-state index >= 15 is 0 Å². The molecule has 0 saturated carbocycles. The number of carbonyl (C=O) groups excluding carboxylic acids is 1. The molecule has 0 aliphatic rings. The van der Waals surface area contributed by atoms with Crippen molar-refractivity contribution in [3.63, 3.8) is 0 Å². The van der Waals surface area contributed by atoms with Gasteiger partial charge in [0.15, 0.2) is 11.5 Å². The minimum Gasteiger partial charge on any atom is -0.493 e. The summed E-state index contributed by atoms with van der Waals surface area (Å²) in [4.78, 5) is 16.8. The maximum atomic E-state index is 12.5. The van der Waals surface area contributed by atoms with Gasteiger partial charge in [0.05, 0.1) is 26.1 Å². The number of nitrogens with one attached hydrogen (secondary N) is 2. The summed E-state index contributed by atoms with van der Waals surface area (Å²) in [7, 11) is 3.09. The Hall–Kier alpha value is -3.54. The van der Waals surface area contributed by atoms with Crippen molar-refractivity contribution < 1.29 is 14.3 Å². The Bertz CT molecular complexity index is 955. The number of aromatic nitrogens is 1. The fourth-order valence-electron chi connectivity index (χ4n) is 2.77. The maximum Gasteiger partial charge on any atom is 0.255 e. The van der Waals surface area contributed by atoms with Crippen LogP contribution in [-0.4, -0.2) is 25.1 Å². The van der Waals surface area contributed by atoms with Crippen LogP contribution in [0.4, 0.5) is 11.5 Å². The molecule has 144 valence electrons. The number of amides is 1. The zero-order valence-corrected chi connectivity index (χ0v) is 16.2. The van der Waals surface area contributed by atoms with E-state index in [4.69, 9.17) is 9.47 Å². The van der Waals surface area contributed by atoms with Gasteiger partial charge >= 0.3 is 0 Å². The molecule has 3 rings (SSSR count). The molecule has 3 aromatic rings. The van der Waals surface area contributed by atoms with Gasteiger partial charge in [-0.05, 0) is 42.8 Å². The van der Waals surface area contributed by atoms with Crippen molar-refractivity contribution in [1.82, 2.24) is 4.98 Å². The Morgan fingerprint density at radius 3 is 2.50 bits per heavy atom. The van der Waals surface area contributed by atoms with Crippen molar-refractivity contribution in [3.05, 3.63) is 77.5 Å². The third-order valence-electron chi connectivity index (χ3n) is 4.22. The Kier molecular flexibility index (Phi) is 6.11. The highest BCUT2D eigenvalue weighted by Crippen LogP contribution is 2.27. The smallest absolute Gasteiger partial charge is 0.255 e. The second kappa shape index (κ2) is 8.90. The minimum absolute atomic E-state index is 0.247. The van der Waals surface area contributed by atoms with Crippen LogP contribution in [0.2, 0.25) is 0 Å². The number of pyridine rings is 1. The van der Waals surface area contributed by atoms with Gasteiger partial charge in [-0.2, -0.15) is 0 Å². The Morgan fingerprint density at radius 2 is 1.82 bits per heavy atom. The van der Waals surface area contributed by atoms with Gasteiger partial charge in [-0.25, -0.2) is 4.98 Å². The number of methoxy groups -OCH3 is 2. The minimum atomic E-state index is -0.247. The second-order valence-corrected chi connectivity index (χ2v) is 6.30. The molecule has 0 fully saturated rings. The average Bonchev–Trinajstić information content (AvgIpc) is 2.72. The predicted octanol–water partition coefficient (Wildman–Crippen LogP) is 4.27. The highest BCUT2D eigenvalue weighted by Gasteiger charge is 2.11. The molecule has 0 aliphatic carbocycles. The van der Waals surface area contributed by atoms with Gasteiger partial charge in [-0.3, -0.25) is 4.79 Å². The van der Waals surface area contributed by atoms with Crippen LogP contribution in [-0.2, 0) is 6.54 Å². The number of benzene rings is 2. The van der Waals surface area contributed by atoms with Crippen LogP contribution >= 0.6 is 0 Å². The Balaban J connectivity index is 1.61. The first kappa shape index (κ1) is 19.2. The van der Waals surface area contributed by atoms with E-state index in [0.29, 0.717) is 29.3 Å². The number of carbonyl (C=O) groups is 1. The van der Waals surface area contributed by atoms with E-state index in [0.717, 1.165) is 5.82 Å². The van der Waals surface area contributed by atoms with Crippen molar-refractivity contribution in [2.45, 2.75) is 13.5 Å². The van der Waals surface area contributed by atoms with Crippen LogP contribution in [0.5, 0.6) is 11.5 Å². The lowest BCUT2D eigenvalue weighted by molar-refractivity contribution is 0.102. The largest absolute Gasteiger partial charge is 0.493 e. The molecule has 0 radical (unpaired) electrons. The van der Waals surface area contributed by atoms with Crippen molar-refractivity contribution >= 4 is 17.4 Å². The molecule has 0 aliphatic heterocycles. The van der Waals surface area contributed by atoms with Crippen LogP contribution in [0.3, 0.4) is 0 Å². The van der Waals surface area contributed by atoms with Crippen LogP contribution in [0, 0.1) is 6.92 Å². The van der Waals surface area contributed by atoms with E-state index in [1.165, 1.54) is 18.2 Å². The van der Waals surface area contributed by atoms with E-state index in [1.54, 1.807) is 31.5 Å². The molecule has 0 spiro atoms. The number of ether oxygens (including phenoxy) is 2. The summed E-state index contributed by atoms with van der Waals surface area (Å²) < 4.78 is 10.4. The third-order valence-corrected chi connectivity index (χ3v) is 4.22. The lowest BCUT2D eigenvalue weighted by atomic mass is 10.1. The molecular formula is C22H23N3O3. The van der Waals surface area contributed by atoms with Crippen LogP contribution < -0.4 is 20.1 Å². The molecule has 0 unspecified atom stereocenters. The van der Waals surface area contributed by atoms with Crippen LogP contribution in [0.1, 0.15) is 21.5 Å². The molecule has 2 aromatic carbocycles. The maximum absolute atomic E-state index is 12.5. The molecule has 28 heavy (non-hydrogen) atoms. The first-order chi connectivity index (χ1) is 13.6. The molecular weight excluding hydrogens is 354 g/mol. The molecule has 0 saturated heterocycles. The normalized spacial score (nSPS) is 10.2. The van der Waals surface area contributed by atoms with Gasteiger partial charge in [0.25, 0.3) is 5.91 Å². The fourth-order valence-corrected chi connectivity index (χ4v) is 2.77. The van der Waals surface area contributed by atoms with Crippen molar-refractivity contribution in [3.8, 4) is 11.5 Å². The summed E-state index contributed by atoms with van der Waals surface area (Å²) in [6.45, 7) is 2.75. The number of aryl methyl sites for hydroxylation is 1. The summed E-state index contributed by atoms with van der Waals surface area (Å²) in [5.74, 6) is 1.57. The van der Waals surface area contributed by atoms with Gasteiger partial charge < -0.3 is 20.1 Å². The monoisotopic (exact) mass is 377 g/mol. The lowest BCUT2D eigenvalue weighted by Gasteiger charge is -2.10. The van der Waals surface area contributed by atoms with E-state index in [9.17, 15) is 4.79 Å². The van der Waals surface area contributed by atoms with Gasteiger partial charge in [0, 0.05) is 12.1 Å². The Morgan fingerprint density at radius 1 is 1.00 bits per heavy atom. The van der Waals surface area contributed by atoms with Gasteiger partial charge in [-0.15, -0.1) is 0 Å². The average molecular weight is 377 g/mol. The number of hydrogen-bond donors (Lipinski definition) is 2. The van der Waals surface area contributed by atoms with E-state index in [-0.39, 0.29) is 5.91 Å². The number of hydrogen-bond acceptors (Lipinski definition) is 5. The summed E-state index contributed by atoms with van der Waals surface area (Å²) in [6.07, 6.45) is 1.62. The highest BCUT2D eigenvalue weighted by atomic mass is 16.5. The van der Waals surface area contributed by atoms with E-state index in [2.05, 4.69) is 40.7 Å². The molecule has 2 N–H and O–H groups in total.